The highest BCUT2D eigenvalue weighted by atomic mass is 35.5. The van der Waals surface area contributed by atoms with Gasteiger partial charge in [-0.05, 0) is 84.7 Å². The number of amides is 3. The number of carbonyl (C=O) groups excluding carboxylic acids is 5. The van der Waals surface area contributed by atoms with Gasteiger partial charge in [0.25, 0.3) is 17.7 Å². The first-order chi connectivity index (χ1) is 20.2. The number of esters is 1. The Bertz CT molecular complexity index is 1650. The van der Waals surface area contributed by atoms with Gasteiger partial charge in [0.2, 0.25) is 5.76 Å². The molecule has 9 nitrogen and oxygen atoms in total. The molecule has 2 aromatic carbocycles. The van der Waals surface area contributed by atoms with Crippen LogP contribution in [0.5, 0.6) is 5.75 Å². The number of hydrogen-bond donors (Lipinski definition) is 0. The summed E-state index contributed by atoms with van der Waals surface area (Å²) in [6.45, 7) is -0.586. The number of allylic oxidation sites excluding steroid dienone is 2. The van der Waals surface area contributed by atoms with Crippen molar-refractivity contribution in [2.24, 2.45) is 35.5 Å². The van der Waals surface area contributed by atoms with E-state index in [2.05, 4.69) is 0 Å². The summed E-state index contributed by atoms with van der Waals surface area (Å²) < 4.78 is 10.3. The number of nitrogens with zero attached hydrogens (tertiary/aromatic N) is 2. The molecule has 3 amide bonds. The molecule has 42 heavy (non-hydrogen) atoms. The van der Waals surface area contributed by atoms with Crippen LogP contribution in [0, 0.1) is 35.5 Å². The van der Waals surface area contributed by atoms with Gasteiger partial charge in [0, 0.05) is 11.1 Å². The number of benzene rings is 2. The van der Waals surface area contributed by atoms with Crippen LogP contribution in [0.25, 0.3) is 0 Å². The highest BCUT2D eigenvalue weighted by molar-refractivity contribution is 6.42. The van der Waals surface area contributed by atoms with Gasteiger partial charge >= 0.3 is 5.97 Å². The molecule has 212 valence electrons. The number of ketones is 1. The molecule has 3 aromatic rings. The van der Waals surface area contributed by atoms with Gasteiger partial charge in [-0.1, -0.05) is 35.4 Å². The highest BCUT2D eigenvalue weighted by Gasteiger charge is 2.68. The smallest absolute Gasteiger partial charge is 0.379 e. The Labute approximate surface area is 249 Å². The van der Waals surface area contributed by atoms with Crippen LogP contribution < -0.4 is 4.74 Å². The van der Waals surface area contributed by atoms with Crippen LogP contribution in [0.2, 0.25) is 10.0 Å². The summed E-state index contributed by atoms with van der Waals surface area (Å²) in [5.74, 6) is -3.21. The standard InChI is InChI=1S/C31H22Cl2N2O7/c32-22-10-5-16(12-23(22)33)28(37)34(35-29(38)26-18-8-9-19(21-13-20(18)21)27(26)30(35)39)14-24(36)15-3-6-17(7-4-15)42-31(40)25-2-1-11-41-25/h1-12,18-21,26-27H,13-14H2/t18-,19-,20-,21-,26-,27+/m0/s1. The molecule has 2 saturated carbocycles. The minimum atomic E-state index is -0.739. The second-order valence-corrected chi connectivity index (χ2v) is 11.8. The van der Waals surface area contributed by atoms with Crippen molar-refractivity contribution < 1.29 is 33.1 Å². The largest absolute Gasteiger partial charge is 0.457 e. The third kappa shape index (κ3) is 4.26. The van der Waals surface area contributed by atoms with Gasteiger partial charge in [0.15, 0.2) is 5.78 Å². The van der Waals surface area contributed by atoms with Gasteiger partial charge < -0.3 is 9.15 Å². The molecule has 2 bridgehead atoms. The monoisotopic (exact) mass is 604 g/mol. The first-order valence-electron chi connectivity index (χ1n) is 13.4. The Morgan fingerprint density at radius 2 is 1.52 bits per heavy atom. The van der Waals surface area contributed by atoms with Gasteiger partial charge in [0.05, 0.1) is 28.1 Å². The number of halogens is 2. The molecule has 0 unspecified atom stereocenters. The molecule has 1 saturated heterocycles. The molecule has 0 radical (unpaired) electrons. The number of imide groups is 1. The first kappa shape index (κ1) is 26.7. The predicted octanol–water partition coefficient (Wildman–Crippen LogP) is 5.10. The maximum Gasteiger partial charge on any atom is 0.379 e. The summed E-state index contributed by atoms with van der Waals surface area (Å²) in [5, 5.41) is 2.13. The van der Waals surface area contributed by atoms with E-state index in [0.29, 0.717) is 11.8 Å². The maximum atomic E-state index is 13.8. The topological polar surface area (TPSA) is 114 Å². The zero-order chi connectivity index (χ0) is 29.3. The van der Waals surface area contributed by atoms with E-state index in [9.17, 15) is 24.0 Å². The van der Waals surface area contributed by atoms with E-state index < -0.39 is 47.9 Å². The van der Waals surface area contributed by atoms with Crippen LogP contribution in [0.15, 0.2) is 77.4 Å². The highest BCUT2D eigenvalue weighted by Crippen LogP contribution is 2.65. The molecular weight excluding hydrogens is 583 g/mol. The molecular formula is C31H22Cl2N2O7. The Morgan fingerprint density at radius 1 is 0.881 bits per heavy atom. The van der Waals surface area contributed by atoms with Crippen LogP contribution in [0.1, 0.15) is 37.7 Å². The van der Waals surface area contributed by atoms with Crippen molar-refractivity contribution in [2.75, 3.05) is 6.54 Å². The molecule has 3 fully saturated rings. The van der Waals surface area contributed by atoms with Crippen molar-refractivity contribution in [2.45, 2.75) is 6.42 Å². The van der Waals surface area contributed by atoms with Crippen LogP contribution in [-0.4, -0.2) is 46.0 Å². The molecule has 5 aliphatic rings. The summed E-state index contributed by atoms with van der Waals surface area (Å²) in [6, 6.07) is 12.9. The summed E-state index contributed by atoms with van der Waals surface area (Å²) >= 11 is 12.2. The van der Waals surface area contributed by atoms with Crippen molar-refractivity contribution in [3.05, 3.63) is 99.9 Å². The number of ether oxygens (including phenoxy) is 1. The lowest BCUT2D eigenvalue weighted by molar-refractivity contribution is -0.154. The number of carbonyl (C=O) groups is 5. The lowest BCUT2D eigenvalue weighted by Gasteiger charge is -2.37. The number of Topliss-reactive ketones (excluding diaryl/α,β-unsaturated/α-hetero) is 1. The summed E-state index contributed by atoms with van der Waals surface area (Å²) in [6.07, 6.45) is 6.40. The minimum Gasteiger partial charge on any atom is -0.457 e. The Morgan fingerprint density at radius 3 is 2.12 bits per heavy atom. The fourth-order valence-electron chi connectivity index (χ4n) is 6.68. The van der Waals surface area contributed by atoms with E-state index in [-0.39, 0.29) is 44.5 Å². The fourth-order valence-corrected chi connectivity index (χ4v) is 6.98. The van der Waals surface area contributed by atoms with Crippen molar-refractivity contribution >= 4 is 52.7 Å². The molecule has 6 atom stereocenters. The minimum absolute atomic E-state index is 0.0214. The fraction of sp³-hybridized carbons (Fsp3) is 0.258. The van der Waals surface area contributed by atoms with E-state index in [1.165, 1.54) is 54.8 Å². The lowest BCUT2D eigenvalue weighted by Crippen LogP contribution is -2.52. The van der Waals surface area contributed by atoms with Gasteiger partial charge in [-0.2, -0.15) is 5.01 Å². The second-order valence-electron chi connectivity index (χ2n) is 10.9. The Kier molecular flexibility index (Phi) is 6.32. The van der Waals surface area contributed by atoms with Gasteiger partial charge in [0.1, 0.15) is 12.3 Å². The van der Waals surface area contributed by atoms with E-state index in [1.54, 1.807) is 6.07 Å². The number of furan rings is 1. The zero-order valence-electron chi connectivity index (χ0n) is 21.8. The van der Waals surface area contributed by atoms with Crippen LogP contribution in [0.3, 0.4) is 0 Å². The van der Waals surface area contributed by atoms with Crippen LogP contribution in [-0.2, 0) is 9.59 Å². The van der Waals surface area contributed by atoms with Crippen LogP contribution in [0.4, 0.5) is 0 Å². The summed E-state index contributed by atoms with van der Waals surface area (Å²) in [4.78, 5) is 67.2. The molecule has 4 aliphatic carbocycles. The number of rotatable bonds is 7. The average molecular weight is 605 g/mol. The molecule has 0 N–H and O–H groups in total. The third-order valence-electron chi connectivity index (χ3n) is 8.68. The van der Waals surface area contributed by atoms with E-state index in [4.69, 9.17) is 32.4 Å². The summed E-state index contributed by atoms with van der Waals surface area (Å²) in [7, 11) is 0. The Hall–Kier alpha value is -4.21. The SMILES string of the molecule is O=C(CN(C(=O)c1ccc(Cl)c(Cl)c1)N1C(=O)[C@@H]2[C@H]3C=C[C@@H]([C@@H]4C[C@@H]34)[C@@H]2C1=O)c1ccc(OC(=O)c2ccco2)cc1. The van der Waals surface area contributed by atoms with Gasteiger partial charge in [-0.15, -0.1) is 0 Å². The lowest BCUT2D eigenvalue weighted by atomic mass is 9.63. The van der Waals surface area contributed by atoms with Crippen molar-refractivity contribution in [3.8, 4) is 5.75 Å². The number of hydrogen-bond acceptors (Lipinski definition) is 7. The predicted molar refractivity (Wildman–Crippen MR) is 148 cm³/mol. The van der Waals surface area contributed by atoms with Crippen molar-refractivity contribution in [1.29, 1.82) is 0 Å². The summed E-state index contributed by atoms with van der Waals surface area (Å²) in [5.41, 5.74) is 0.246. The van der Waals surface area contributed by atoms with E-state index >= 15 is 0 Å². The average Bonchev–Trinajstić information content (AvgIpc) is 3.56. The molecule has 11 heteroatoms. The maximum absolute atomic E-state index is 13.8. The second kappa shape index (κ2) is 9.96. The molecule has 0 spiro atoms. The van der Waals surface area contributed by atoms with E-state index in [0.717, 1.165) is 16.4 Å². The van der Waals surface area contributed by atoms with Gasteiger partial charge in [-0.25, -0.2) is 9.80 Å². The number of hydrazine groups is 1. The van der Waals surface area contributed by atoms with Crippen LogP contribution >= 0.6 is 23.2 Å². The Balaban J connectivity index is 1.17. The quantitative estimate of drug-likeness (QED) is 0.121. The van der Waals surface area contributed by atoms with E-state index in [1.807, 2.05) is 12.2 Å². The van der Waals surface area contributed by atoms with Gasteiger partial charge in [-0.3, -0.25) is 19.2 Å². The zero-order valence-corrected chi connectivity index (χ0v) is 23.3. The first-order valence-corrected chi connectivity index (χ1v) is 14.2. The normalized spacial score (nSPS) is 26.6. The molecule has 1 aliphatic heterocycles. The van der Waals surface area contributed by atoms with Crippen molar-refractivity contribution in [3.63, 3.8) is 0 Å². The van der Waals surface area contributed by atoms with Crippen molar-refractivity contribution in [1.82, 2.24) is 10.0 Å². The molecule has 8 rings (SSSR count). The molecule has 2 heterocycles. The molecule has 1 aromatic heterocycles. The third-order valence-corrected chi connectivity index (χ3v) is 9.42.